The highest BCUT2D eigenvalue weighted by molar-refractivity contribution is 5.20. The minimum Gasteiger partial charge on any atom is -0.465 e. The summed E-state index contributed by atoms with van der Waals surface area (Å²) in [5.41, 5.74) is 1.35. The Morgan fingerprint density at radius 3 is 2.76 bits per heavy atom. The van der Waals surface area contributed by atoms with Crippen LogP contribution < -0.4 is 5.32 Å². The van der Waals surface area contributed by atoms with E-state index in [2.05, 4.69) is 30.1 Å². The van der Waals surface area contributed by atoms with Gasteiger partial charge in [0.15, 0.2) is 0 Å². The second-order valence-electron chi connectivity index (χ2n) is 5.28. The van der Waals surface area contributed by atoms with Gasteiger partial charge in [-0.25, -0.2) is 0 Å². The average molecular weight is 236 g/mol. The Kier molecular flexibility index (Phi) is 4.24. The van der Waals surface area contributed by atoms with Crippen molar-refractivity contribution in [3.05, 3.63) is 23.2 Å². The summed E-state index contributed by atoms with van der Waals surface area (Å²) in [4.78, 5) is 2.54. The monoisotopic (exact) mass is 236 g/mol. The third-order valence-corrected chi connectivity index (χ3v) is 3.69. The highest BCUT2D eigenvalue weighted by Crippen LogP contribution is 2.21. The predicted molar refractivity (Wildman–Crippen MR) is 69.9 cm³/mol. The van der Waals surface area contributed by atoms with Gasteiger partial charge in [0, 0.05) is 12.1 Å². The molecule has 0 aromatic carbocycles. The van der Waals surface area contributed by atoms with E-state index in [-0.39, 0.29) is 0 Å². The molecule has 0 aliphatic carbocycles. The smallest absolute Gasteiger partial charge is 0.118 e. The summed E-state index contributed by atoms with van der Waals surface area (Å²) in [5.74, 6) is 3.02. The van der Waals surface area contributed by atoms with Gasteiger partial charge in [-0.05, 0) is 51.9 Å². The summed E-state index contributed by atoms with van der Waals surface area (Å²) < 4.78 is 5.73. The molecule has 17 heavy (non-hydrogen) atoms. The Morgan fingerprint density at radius 1 is 1.41 bits per heavy atom. The van der Waals surface area contributed by atoms with E-state index in [1.807, 2.05) is 7.05 Å². The van der Waals surface area contributed by atoms with Gasteiger partial charge in [-0.2, -0.15) is 0 Å². The van der Waals surface area contributed by atoms with E-state index in [1.165, 1.54) is 31.5 Å². The largest absolute Gasteiger partial charge is 0.465 e. The molecule has 96 valence electrons. The lowest BCUT2D eigenvalue weighted by Crippen LogP contribution is -2.32. The summed E-state index contributed by atoms with van der Waals surface area (Å²) in [5, 5.41) is 3.13. The van der Waals surface area contributed by atoms with Crippen molar-refractivity contribution >= 4 is 0 Å². The summed E-state index contributed by atoms with van der Waals surface area (Å²) in [6.07, 6.45) is 2.67. The second kappa shape index (κ2) is 5.69. The first-order valence-corrected chi connectivity index (χ1v) is 6.64. The first-order chi connectivity index (χ1) is 8.19. The molecule has 1 saturated heterocycles. The Balaban J connectivity index is 1.93. The third-order valence-electron chi connectivity index (χ3n) is 3.69. The summed E-state index contributed by atoms with van der Waals surface area (Å²) in [6.45, 7) is 8.75. The molecule has 3 heteroatoms. The molecule has 3 nitrogen and oxygen atoms in total. The van der Waals surface area contributed by atoms with E-state index in [1.54, 1.807) is 0 Å². The van der Waals surface area contributed by atoms with Crippen molar-refractivity contribution < 1.29 is 4.42 Å². The fraction of sp³-hybridized carbons (Fsp3) is 0.714. The molecule has 1 aliphatic heterocycles. The zero-order valence-corrected chi connectivity index (χ0v) is 11.3. The van der Waals surface area contributed by atoms with E-state index in [9.17, 15) is 0 Å². The fourth-order valence-electron chi connectivity index (χ4n) is 2.47. The lowest BCUT2D eigenvalue weighted by atomic mass is 9.99. The van der Waals surface area contributed by atoms with Gasteiger partial charge in [-0.3, -0.25) is 4.90 Å². The van der Waals surface area contributed by atoms with Crippen molar-refractivity contribution in [2.45, 2.75) is 39.8 Å². The van der Waals surface area contributed by atoms with E-state index in [0.29, 0.717) is 0 Å². The van der Waals surface area contributed by atoms with E-state index < -0.39 is 0 Å². The van der Waals surface area contributed by atoms with Crippen LogP contribution in [0.1, 0.15) is 36.8 Å². The molecule has 1 aliphatic rings. The van der Waals surface area contributed by atoms with Gasteiger partial charge in [-0.15, -0.1) is 0 Å². The van der Waals surface area contributed by atoms with Crippen molar-refractivity contribution in [1.82, 2.24) is 10.2 Å². The van der Waals surface area contributed by atoms with Gasteiger partial charge in [0.2, 0.25) is 0 Å². The van der Waals surface area contributed by atoms with Crippen LogP contribution in [0.5, 0.6) is 0 Å². The topological polar surface area (TPSA) is 28.4 Å². The van der Waals surface area contributed by atoms with Crippen molar-refractivity contribution in [1.29, 1.82) is 0 Å². The molecule has 0 radical (unpaired) electrons. The SMILES string of the molecule is CNCc1cc(CN2CCC(C)CC2)c(C)o1. The van der Waals surface area contributed by atoms with Crippen molar-refractivity contribution in [3.8, 4) is 0 Å². The van der Waals surface area contributed by atoms with Crippen LogP contribution in [0.3, 0.4) is 0 Å². The van der Waals surface area contributed by atoms with Crippen LogP contribution in [0.4, 0.5) is 0 Å². The second-order valence-corrected chi connectivity index (χ2v) is 5.28. The molecule has 1 fully saturated rings. The number of likely N-dealkylation sites (tertiary alicyclic amines) is 1. The molecule has 0 bridgehead atoms. The summed E-state index contributed by atoms with van der Waals surface area (Å²) in [7, 11) is 1.95. The minimum absolute atomic E-state index is 0.817. The molecule has 2 heterocycles. The standard InChI is InChI=1S/C14H24N2O/c1-11-4-6-16(7-5-11)10-13-8-14(9-15-3)17-12(13)2/h8,11,15H,4-7,9-10H2,1-3H3. The van der Waals surface area contributed by atoms with Gasteiger partial charge in [0.1, 0.15) is 11.5 Å². The van der Waals surface area contributed by atoms with Crippen LogP contribution in [-0.4, -0.2) is 25.0 Å². The molecule has 1 aromatic rings. The quantitative estimate of drug-likeness (QED) is 0.871. The van der Waals surface area contributed by atoms with Gasteiger partial charge in [0.05, 0.1) is 6.54 Å². The first-order valence-electron chi connectivity index (χ1n) is 6.64. The normalized spacial score (nSPS) is 18.8. The number of piperidine rings is 1. The maximum Gasteiger partial charge on any atom is 0.118 e. The molecule has 0 saturated carbocycles. The maximum absolute atomic E-state index is 5.73. The maximum atomic E-state index is 5.73. The van der Waals surface area contributed by atoms with Crippen molar-refractivity contribution in [3.63, 3.8) is 0 Å². The van der Waals surface area contributed by atoms with E-state index in [0.717, 1.165) is 30.5 Å². The van der Waals surface area contributed by atoms with E-state index in [4.69, 9.17) is 4.42 Å². The summed E-state index contributed by atoms with van der Waals surface area (Å²) in [6, 6.07) is 2.20. The molecule has 0 amide bonds. The Bertz CT molecular complexity index is 351. The molecule has 0 atom stereocenters. The molecular weight excluding hydrogens is 212 g/mol. The molecule has 0 spiro atoms. The van der Waals surface area contributed by atoms with Crippen molar-refractivity contribution in [2.24, 2.45) is 5.92 Å². The number of hydrogen-bond acceptors (Lipinski definition) is 3. The number of aryl methyl sites for hydroxylation is 1. The van der Waals surface area contributed by atoms with Gasteiger partial charge < -0.3 is 9.73 Å². The number of nitrogens with one attached hydrogen (secondary N) is 1. The number of nitrogens with zero attached hydrogens (tertiary/aromatic N) is 1. The Labute approximate surface area is 104 Å². The molecule has 0 unspecified atom stereocenters. The third kappa shape index (κ3) is 3.33. The van der Waals surface area contributed by atoms with Crippen LogP contribution in [0.25, 0.3) is 0 Å². The van der Waals surface area contributed by atoms with Crippen LogP contribution in [0, 0.1) is 12.8 Å². The van der Waals surface area contributed by atoms with Gasteiger partial charge in [-0.1, -0.05) is 6.92 Å². The summed E-state index contributed by atoms with van der Waals surface area (Å²) >= 11 is 0. The number of rotatable bonds is 4. The fourth-order valence-corrected chi connectivity index (χ4v) is 2.47. The zero-order chi connectivity index (χ0) is 12.3. The van der Waals surface area contributed by atoms with Crippen LogP contribution >= 0.6 is 0 Å². The van der Waals surface area contributed by atoms with Gasteiger partial charge >= 0.3 is 0 Å². The predicted octanol–water partition coefficient (Wildman–Crippen LogP) is 2.54. The zero-order valence-electron chi connectivity index (χ0n) is 11.3. The van der Waals surface area contributed by atoms with Crippen LogP contribution in [-0.2, 0) is 13.1 Å². The first kappa shape index (κ1) is 12.7. The van der Waals surface area contributed by atoms with Crippen LogP contribution in [0.15, 0.2) is 10.5 Å². The van der Waals surface area contributed by atoms with Crippen molar-refractivity contribution in [2.75, 3.05) is 20.1 Å². The number of furan rings is 1. The van der Waals surface area contributed by atoms with Crippen LogP contribution in [0.2, 0.25) is 0 Å². The van der Waals surface area contributed by atoms with E-state index >= 15 is 0 Å². The Morgan fingerprint density at radius 2 is 2.12 bits per heavy atom. The molecule has 1 N–H and O–H groups in total. The minimum atomic E-state index is 0.817. The lowest BCUT2D eigenvalue weighted by molar-refractivity contribution is 0.184. The number of hydrogen-bond donors (Lipinski definition) is 1. The molecule has 1 aromatic heterocycles. The highest BCUT2D eigenvalue weighted by Gasteiger charge is 2.17. The van der Waals surface area contributed by atoms with Gasteiger partial charge in [0.25, 0.3) is 0 Å². The Hall–Kier alpha value is -0.800. The lowest BCUT2D eigenvalue weighted by Gasteiger charge is -2.29. The average Bonchev–Trinajstić information content (AvgIpc) is 2.63. The molecule has 2 rings (SSSR count). The molecular formula is C14H24N2O. The highest BCUT2D eigenvalue weighted by atomic mass is 16.3.